The molecular weight excluding hydrogens is 375 g/mol. The first kappa shape index (κ1) is 17.3. The molecule has 0 fully saturated rings. The first-order chi connectivity index (χ1) is 8.92. The van der Waals surface area contributed by atoms with Crippen molar-refractivity contribution >= 4 is 41.5 Å². The third kappa shape index (κ3) is 4.69. The third-order valence-corrected chi connectivity index (χ3v) is 5.90. The lowest BCUT2D eigenvalue weighted by atomic mass is 10.3. The summed E-state index contributed by atoms with van der Waals surface area (Å²) in [6, 6.07) is 1.08. The molecule has 1 unspecified atom stereocenters. The van der Waals surface area contributed by atoms with E-state index in [0.29, 0.717) is 0 Å². The Morgan fingerprint density at radius 2 is 1.90 bits per heavy atom. The molecular formula is C10H14BrFN2O4S2. The number of nitrogens with two attached hydrogens (primary N) is 1. The maximum absolute atomic E-state index is 13.2. The largest absolute Gasteiger partial charge is 0.396 e. The number of benzene rings is 1. The number of rotatable bonds is 5. The van der Waals surface area contributed by atoms with Crippen LogP contribution in [0.5, 0.6) is 0 Å². The van der Waals surface area contributed by atoms with Crippen LogP contribution in [0.4, 0.5) is 10.1 Å². The summed E-state index contributed by atoms with van der Waals surface area (Å²) < 4.78 is 61.8. The van der Waals surface area contributed by atoms with E-state index >= 15 is 0 Å². The fourth-order valence-corrected chi connectivity index (χ4v) is 4.96. The number of hydrogen-bond donors (Lipinski definition) is 2. The Morgan fingerprint density at radius 1 is 1.35 bits per heavy atom. The van der Waals surface area contributed by atoms with E-state index in [1.807, 2.05) is 0 Å². The Balaban J connectivity index is 3.09. The van der Waals surface area contributed by atoms with Crippen LogP contribution in [-0.4, -0.2) is 34.9 Å². The summed E-state index contributed by atoms with van der Waals surface area (Å²) in [6.07, 6.45) is 1.00. The van der Waals surface area contributed by atoms with Gasteiger partial charge in [-0.05, 0) is 35.0 Å². The average Bonchev–Trinajstić information content (AvgIpc) is 2.19. The molecule has 0 radical (unpaired) electrons. The minimum atomic E-state index is -4.01. The summed E-state index contributed by atoms with van der Waals surface area (Å²) >= 11 is 2.94. The monoisotopic (exact) mass is 388 g/mol. The minimum absolute atomic E-state index is 0.00301. The molecule has 0 saturated carbocycles. The van der Waals surface area contributed by atoms with Crippen molar-refractivity contribution < 1.29 is 21.2 Å². The van der Waals surface area contributed by atoms with E-state index in [0.717, 1.165) is 18.4 Å². The molecule has 10 heteroatoms. The number of anilines is 1. The molecule has 1 aromatic carbocycles. The van der Waals surface area contributed by atoms with E-state index in [4.69, 9.17) is 5.73 Å². The van der Waals surface area contributed by atoms with Crippen LogP contribution in [0.15, 0.2) is 21.5 Å². The number of nitrogen functional groups attached to an aromatic ring is 1. The normalized spacial score (nSPS) is 14.2. The van der Waals surface area contributed by atoms with Gasteiger partial charge < -0.3 is 5.73 Å². The van der Waals surface area contributed by atoms with Crippen LogP contribution in [0, 0.1) is 5.82 Å². The van der Waals surface area contributed by atoms with Gasteiger partial charge in [-0.3, -0.25) is 0 Å². The van der Waals surface area contributed by atoms with E-state index in [9.17, 15) is 21.2 Å². The van der Waals surface area contributed by atoms with E-state index in [-0.39, 0.29) is 20.8 Å². The van der Waals surface area contributed by atoms with Crippen LogP contribution in [0.25, 0.3) is 0 Å². The second-order valence-electron chi connectivity index (χ2n) is 4.42. The van der Waals surface area contributed by atoms with Gasteiger partial charge in [0.15, 0.2) is 0 Å². The molecule has 114 valence electrons. The first-order valence-electron chi connectivity index (χ1n) is 5.37. The van der Waals surface area contributed by atoms with E-state index < -0.39 is 31.7 Å². The van der Waals surface area contributed by atoms with Crippen LogP contribution in [0.3, 0.4) is 0 Å². The Hall–Kier alpha value is -0.710. The summed E-state index contributed by atoms with van der Waals surface area (Å²) in [5, 5.41) is 0. The van der Waals surface area contributed by atoms with Gasteiger partial charge in [-0.2, -0.15) is 0 Å². The fraction of sp³-hybridized carbons (Fsp3) is 0.400. The molecule has 0 aliphatic heterocycles. The van der Waals surface area contributed by atoms with Crippen LogP contribution in [0.1, 0.15) is 6.92 Å². The van der Waals surface area contributed by atoms with Crippen LogP contribution >= 0.6 is 15.9 Å². The van der Waals surface area contributed by atoms with E-state index in [2.05, 4.69) is 20.7 Å². The molecule has 3 N–H and O–H groups in total. The molecule has 0 bridgehead atoms. The summed E-state index contributed by atoms with van der Waals surface area (Å²) in [5.41, 5.74) is 5.02. The number of hydrogen-bond acceptors (Lipinski definition) is 5. The van der Waals surface area contributed by atoms with Crippen molar-refractivity contribution in [2.75, 3.05) is 17.7 Å². The zero-order valence-corrected chi connectivity index (χ0v) is 13.9. The molecule has 0 heterocycles. The highest BCUT2D eigenvalue weighted by molar-refractivity contribution is 9.10. The average molecular weight is 389 g/mol. The Morgan fingerprint density at radius 3 is 2.40 bits per heavy atom. The van der Waals surface area contributed by atoms with Crippen LogP contribution < -0.4 is 10.5 Å². The van der Waals surface area contributed by atoms with Gasteiger partial charge in [-0.25, -0.2) is 25.9 Å². The Bertz CT molecular complexity index is 719. The molecule has 1 rings (SSSR count). The second-order valence-corrected chi connectivity index (χ2v) is 9.14. The van der Waals surface area contributed by atoms with Crippen molar-refractivity contribution in [3.8, 4) is 0 Å². The lowest BCUT2D eigenvalue weighted by Gasteiger charge is -2.14. The summed E-state index contributed by atoms with van der Waals surface area (Å²) in [7, 11) is -7.34. The number of nitrogens with one attached hydrogen (secondary N) is 1. The summed E-state index contributed by atoms with van der Waals surface area (Å²) in [4.78, 5) is -0.253. The van der Waals surface area contributed by atoms with Gasteiger partial charge >= 0.3 is 0 Å². The highest BCUT2D eigenvalue weighted by Crippen LogP contribution is 2.26. The SMILES string of the molecule is CC(CS(C)(=O)=O)NS(=O)(=O)c1cc(N)c(F)cc1Br. The van der Waals surface area contributed by atoms with E-state index in [1.165, 1.54) is 6.92 Å². The second kappa shape index (κ2) is 5.96. The first-order valence-corrected chi connectivity index (χ1v) is 9.70. The smallest absolute Gasteiger partial charge is 0.242 e. The third-order valence-electron chi connectivity index (χ3n) is 2.25. The van der Waals surface area contributed by atoms with Gasteiger partial charge in [-0.15, -0.1) is 0 Å². The van der Waals surface area contributed by atoms with Crippen molar-refractivity contribution in [2.24, 2.45) is 0 Å². The Labute approximate surface area is 125 Å². The van der Waals surface area contributed by atoms with Crippen LogP contribution in [-0.2, 0) is 19.9 Å². The standard InChI is InChI=1S/C10H14BrFN2O4S2/c1-6(5-19(2,15)16)14-20(17,18)10-4-9(13)8(12)3-7(10)11/h3-4,6,14H,5,13H2,1-2H3. The minimum Gasteiger partial charge on any atom is -0.396 e. The molecule has 6 nitrogen and oxygen atoms in total. The molecule has 0 spiro atoms. The molecule has 0 aromatic heterocycles. The van der Waals surface area contributed by atoms with Crippen molar-refractivity contribution in [1.82, 2.24) is 4.72 Å². The zero-order chi connectivity index (χ0) is 15.7. The predicted octanol–water partition coefficient (Wildman–Crippen LogP) is 0.882. The number of sulfone groups is 1. The Kier molecular flexibility index (Phi) is 5.17. The number of halogens is 2. The highest BCUT2D eigenvalue weighted by Gasteiger charge is 2.23. The van der Waals surface area contributed by atoms with Crippen molar-refractivity contribution in [2.45, 2.75) is 17.9 Å². The van der Waals surface area contributed by atoms with Crippen molar-refractivity contribution in [3.05, 3.63) is 22.4 Å². The molecule has 1 atom stereocenters. The van der Waals surface area contributed by atoms with E-state index in [1.54, 1.807) is 0 Å². The molecule has 0 aliphatic rings. The molecule has 0 aliphatic carbocycles. The summed E-state index contributed by atoms with van der Waals surface area (Å²) in [6.45, 7) is 1.42. The molecule has 1 aromatic rings. The molecule has 0 saturated heterocycles. The van der Waals surface area contributed by atoms with Gasteiger partial charge in [0, 0.05) is 16.8 Å². The highest BCUT2D eigenvalue weighted by atomic mass is 79.9. The quantitative estimate of drug-likeness (QED) is 0.728. The van der Waals surface area contributed by atoms with Crippen molar-refractivity contribution in [3.63, 3.8) is 0 Å². The fourth-order valence-electron chi connectivity index (χ4n) is 1.57. The van der Waals surface area contributed by atoms with Gasteiger partial charge in [0.2, 0.25) is 10.0 Å². The number of sulfonamides is 1. The van der Waals surface area contributed by atoms with Gasteiger partial charge in [0.05, 0.1) is 16.3 Å². The van der Waals surface area contributed by atoms with Crippen LogP contribution in [0.2, 0.25) is 0 Å². The topological polar surface area (TPSA) is 106 Å². The summed E-state index contributed by atoms with van der Waals surface area (Å²) in [5.74, 6) is -1.10. The van der Waals surface area contributed by atoms with Gasteiger partial charge in [0.25, 0.3) is 0 Å². The van der Waals surface area contributed by atoms with Gasteiger partial charge in [-0.1, -0.05) is 0 Å². The lowest BCUT2D eigenvalue weighted by Crippen LogP contribution is -2.37. The zero-order valence-electron chi connectivity index (χ0n) is 10.7. The maximum atomic E-state index is 13.2. The predicted molar refractivity (Wildman–Crippen MR) is 78.0 cm³/mol. The molecule has 20 heavy (non-hydrogen) atoms. The maximum Gasteiger partial charge on any atom is 0.242 e. The van der Waals surface area contributed by atoms with Gasteiger partial charge in [0.1, 0.15) is 15.7 Å². The lowest BCUT2D eigenvalue weighted by molar-refractivity contribution is 0.563. The molecule has 0 amide bonds. The van der Waals surface area contributed by atoms with Crippen molar-refractivity contribution in [1.29, 1.82) is 0 Å².